The van der Waals surface area contributed by atoms with Crippen LogP contribution in [0.25, 0.3) is 0 Å². The average molecular weight is 448 g/mol. The lowest BCUT2D eigenvalue weighted by atomic mass is 10.1. The zero-order valence-corrected chi connectivity index (χ0v) is 18.3. The number of hydrogen-bond donors (Lipinski definition) is 1. The number of carbonyl (C=O) groups is 3. The van der Waals surface area contributed by atoms with Gasteiger partial charge in [0.05, 0.1) is 28.2 Å². The average Bonchev–Trinajstić information content (AvgIpc) is 3.06. The summed E-state index contributed by atoms with van der Waals surface area (Å²) in [4.78, 5) is 40.5. The van der Waals surface area contributed by atoms with Crippen molar-refractivity contribution in [1.29, 1.82) is 0 Å². The third-order valence-electron chi connectivity index (χ3n) is 5.04. The molecule has 0 saturated carbocycles. The van der Waals surface area contributed by atoms with Crippen LogP contribution < -0.4 is 5.32 Å². The molecule has 1 N–H and O–H groups in total. The Morgan fingerprint density at radius 3 is 2.40 bits per heavy atom. The maximum atomic E-state index is 12.8. The van der Waals surface area contributed by atoms with E-state index in [9.17, 15) is 14.4 Å². The lowest BCUT2D eigenvalue weighted by Crippen LogP contribution is -2.39. The van der Waals surface area contributed by atoms with Crippen LogP contribution in [-0.4, -0.2) is 47.7 Å². The third kappa shape index (κ3) is 5.32. The monoisotopic (exact) mass is 447 g/mol. The van der Waals surface area contributed by atoms with E-state index in [0.717, 1.165) is 11.1 Å². The maximum Gasteiger partial charge on any atom is 0.244 e. The van der Waals surface area contributed by atoms with E-state index in [4.69, 9.17) is 23.2 Å². The van der Waals surface area contributed by atoms with Crippen LogP contribution in [0.5, 0.6) is 0 Å². The van der Waals surface area contributed by atoms with Crippen LogP contribution in [0.1, 0.15) is 17.5 Å². The fourth-order valence-electron chi connectivity index (χ4n) is 3.41. The number of amides is 3. The van der Waals surface area contributed by atoms with Crippen molar-refractivity contribution in [2.24, 2.45) is 5.92 Å². The highest BCUT2D eigenvalue weighted by Crippen LogP contribution is 2.29. The van der Waals surface area contributed by atoms with Gasteiger partial charge in [-0.2, -0.15) is 0 Å². The molecule has 0 radical (unpaired) electrons. The van der Waals surface area contributed by atoms with Gasteiger partial charge in [-0.1, -0.05) is 59.1 Å². The van der Waals surface area contributed by atoms with Crippen molar-refractivity contribution in [1.82, 2.24) is 9.80 Å². The number of nitrogens with zero attached hydrogens (tertiary/aromatic N) is 2. The van der Waals surface area contributed by atoms with Crippen LogP contribution >= 0.6 is 23.2 Å². The molecule has 2 aromatic rings. The highest BCUT2D eigenvalue weighted by Gasteiger charge is 2.36. The summed E-state index contributed by atoms with van der Waals surface area (Å²) in [5, 5.41) is 3.27. The molecule has 0 spiro atoms. The number of likely N-dealkylation sites (N-methyl/N-ethyl adjacent to an activating group) is 1. The van der Waals surface area contributed by atoms with Crippen LogP contribution in [-0.2, 0) is 20.9 Å². The fourth-order valence-corrected chi connectivity index (χ4v) is 3.90. The van der Waals surface area contributed by atoms with E-state index >= 15 is 0 Å². The summed E-state index contributed by atoms with van der Waals surface area (Å²) in [6, 6.07) is 12.9. The molecule has 1 fully saturated rings. The molecule has 0 aromatic heterocycles. The SMILES string of the molecule is Cc1ccc(CN2CC(C(=O)N(C)CC(=O)Nc3c(Cl)cccc3Cl)CC2=O)cc1. The Labute approximate surface area is 185 Å². The molecular formula is C22H23Cl2N3O3. The smallest absolute Gasteiger partial charge is 0.244 e. The predicted molar refractivity (Wildman–Crippen MR) is 117 cm³/mol. The van der Waals surface area contributed by atoms with Crippen molar-refractivity contribution in [3.63, 3.8) is 0 Å². The van der Waals surface area contributed by atoms with Gasteiger partial charge in [-0.05, 0) is 24.6 Å². The number of carbonyl (C=O) groups excluding carboxylic acids is 3. The molecule has 1 saturated heterocycles. The van der Waals surface area contributed by atoms with Gasteiger partial charge < -0.3 is 15.1 Å². The minimum atomic E-state index is -0.468. The van der Waals surface area contributed by atoms with Crippen molar-refractivity contribution in [3.05, 3.63) is 63.6 Å². The number of para-hydroxylation sites is 1. The lowest BCUT2D eigenvalue weighted by molar-refractivity contribution is -0.137. The second kappa shape index (κ2) is 9.49. The van der Waals surface area contributed by atoms with E-state index in [1.807, 2.05) is 31.2 Å². The van der Waals surface area contributed by atoms with Gasteiger partial charge in [0, 0.05) is 26.6 Å². The van der Waals surface area contributed by atoms with Crippen molar-refractivity contribution in [2.45, 2.75) is 19.9 Å². The zero-order valence-electron chi connectivity index (χ0n) is 16.8. The molecule has 1 unspecified atom stereocenters. The van der Waals surface area contributed by atoms with E-state index < -0.39 is 11.8 Å². The first-order valence-corrected chi connectivity index (χ1v) is 10.3. The molecule has 158 valence electrons. The van der Waals surface area contributed by atoms with Crippen LogP contribution in [0.3, 0.4) is 0 Å². The van der Waals surface area contributed by atoms with Gasteiger partial charge >= 0.3 is 0 Å². The number of halogens is 2. The number of benzene rings is 2. The Hall–Kier alpha value is -2.57. The molecule has 3 rings (SSSR count). The molecule has 2 aromatic carbocycles. The molecular weight excluding hydrogens is 425 g/mol. The first-order chi connectivity index (χ1) is 14.2. The van der Waals surface area contributed by atoms with E-state index in [0.29, 0.717) is 28.8 Å². The van der Waals surface area contributed by atoms with Crippen LogP contribution in [0.15, 0.2) is 42.5 Å². The zero-order chi connectivity index (χ0) is 21.8. The van der Waals surface area contributed by atoms with Crippen molar-refractivity contribution >= 4 is 46.6 Å². The number of nitrogens with one attached hydrogen (secondary N) is 1. The quantitative estimate of drug-likeness (QED) is 0.732. The molecule has 8 heteroatoms. The van der Waals surface area contributed by atoms with Gasteiger partial charge in [0.25, 0.3) is 0 Å². The van der Waals surface area contributed by atoms with Crippen molar-refractivity contribution in [3.8, 4) is 0 Å². The molecule has 3 amide bonds. The van der Waals surface area contributed by atoms with E-state index in [-0.39, 0.29) is 24.8 Å². The van der Waals surface area contributed by atoms with Gasteiger partial charge in [-0.15, -0.1) is 0 Å². The fraction of sp³-hybridized carbons (Fsp3) is 0.318. The third-order valence-corrected chi connectivity index (χ3v) is 5.67. The minimum absolute atomic E-state index is 0.0605. The second-order valence-electron chi connectivity index (χ2n) is 7.50. The Balaban J connectivity index is 1.56. The maximum absolute atomic E-state index is 12.8. The molecule has 1 heterocycles. The van der Waals surface area contributed by atoms with Crippen LogP contribution in [0.4, 0.5) is 5.69 Å². The Morgan fingerprint density at radius 2 is 1.77 bits per heavy atom. The van der Waals surface area contributed by atoms with Gasteiger partial charge in [0.2, 0.25) is 17.7 Å². The predicted octanol–water partition coefficient (Wildman–Crippen LogP) is 3.75. The second-order valence-corrected chi connectivity index (χ2v) is 8.31. The van der Waals surface area contributed by atoms with Crippen molar-refractivity contribution in [2.75, 3.05) is 25.5 Å². The Kier molecular flexibility index (Phi) is 7.00. The van der Waals surface area contributed by atoms with Gasteiger partial charge in [0.15, 0.2) is 0 Å². The molecule has 1 aliphatic heterocycles. The molecule has 0 bridgehead atoms. The Bertz CT molecular complexity index is 942. The topological polar surface area (TPSA) is 69.7 Å². The number of hydrogen-bond acceptors (Lipinski definition) is 3. The molecule has 1 atom stereocenters. The van der Waals surface area contributed by atoms with Crippen LogP contribution in [0, 0.1) is 12.8 Å². The van der Waals surface area contributed by atoms with Gasteiger partial charge in [0.1, 0.15) is 0 Å². The summed E-state index contributed by atoms with van der Waals surface area (Å²) >= 11 is 12.1. The normalized spacial score (nSPS) is 15.9. The van der Waals surface area contributed by atoms with Crippen LogP contribution in [0.2, 0.25) is 10.0 Å². The summed E-state index contributed by atoms with van der Waals surface area (Å²) in [6.45, 7) is 2.65. The molecule has 0 aliphatic carbocycles. The number of likely N-dealkylation sites (tertiary alicyclic amines) is 1. The van der Waals surface area contributed by atoms with Gasteiger partial charge in [-0.3, -0.25) is 14.4 Å². The molecule has 30 heavy (non-hydrogen) atoms. The summed E-state index contributed by atoms with van der Waals surface area (Å²) in [6.07, 6.45) is 0.146. The summed E-state index contributed by atoms with van der Waals surface area (Å²) in [7, 11) is 1.54. The highest BCUT2D eigenvalue weighted by molar-refractivity contribution is 6.39. The van der Waals surface area contributed by atoms with E-state index in [1.54, 1.807) is 30.1 Å². The number of rotatable bonds is 6. The standard InChI is InChI=1S/C22H23Cl2N3O3/c1-14-6-8-15(9-7-14)11-27-12-16(10-20(27)29)22(30)26(2)13-19(28)25-21-17(23)4-3-5-18(21)24/h3-9,16H,10-13H2,1-2H3,(H,25,28). The number of anilines is 1. The first-order valence-electron chi connectivity index (χ1n) is 9.56. The summed E-state index contributed by atoms with van der Waals surface area (Å²) in [5.74, 6) is -1.18. The van der Waals surface area contributed by atoms with E-state index in [2.05, 4.69) is 5.32 Å². The Morgan fingerprint density at radius 1 is 1.13 bits per heavy atom. The first kappa shape index (κ1) is 22.1. The largest absolute Gasteiger partial charge is 0.338 e. The number of aryl methyl sites for hydroxylation is 1. The summed E-state index contributed by atoms with van der Waals surface area (Å²) < 4.78 is 0. The molecule has 6 nitrogen and oxygen atoms in total. The van der Waals surface area contributed by atoms with Gasteiger partial charge in [-0.25, -0.2) is 0 Å². The van der Waals surface area contributed by atoms with E-state index in [1.165, 1.54) is 4.90 Å². The highest BCUT2D eigenvalue weighted by atomic mass is 35.5. The lowest BCUT2D eigenvalue weighted by Gasteiger charge is -2.21. The van der Waals surface area contributed by atoms with Crippen molar-refractivity contribution < 1.29 is 14.4 Å². The molecule has 1 aliphatic rings. The summed E-state index contributed by atoms with van der Waals surface area (Å²) in [5.41, 5.74) is 2.48. The minimum Gasteiger partial charge on any atom is -0.338 e.